The van der Waals surface area contributed by atoms with Crippen LogP contribution < -0.4 is 5.84 Å². The van der Waals surface area contributed by atoms with Gasteiger partial charge >= 0.3 is 6.18 Å². The minimum absolute atomic E-state index is 0.0521. The van der Waals surface area contributed by atoms with Gasteiger partial charge in [-0.2, -0.15) is 13.2 Å². The molecule has 1 atom stereocenters. The van der Waals surface area contributed by atoms with Crippen molar-refractivity contribution in [3.8, 4) is 0 Å². The van der Waals surface area contributed by atoms with E-state index in [1.54, 1.807) is 0 Å². The summed E-state index contributed by atoms with van der Waals surface area (Å²) in [7, 11) is 0. The Labute approximate surface area is 56.8 Å². The van der Waals surface area contributed by atoms with Crippen molar-refractivity contribution in [2.75, 3.05) is 13.1 Å². The Morgan fingerprint density at radius 2 is 2.00 bits per heavy atom. The molecule has 10 heavy (non-hydrogen) atoms. The van der Waals surface area contributed by atoms with Gasteiger partial charge in [-0.25, -0.2) is 5.01 Å². The summed E-state index contributed by atoms with van der Waals surface area (Å²) >= 11 is 0. The van der Waals surface area contributed by atoms with Crippen molar-refractivity contribution >= 4 is 0 Å². The fraction of sp³-hybridized carbons (Fsp3) is 1.00. The minimum Gasteiger partial charge on any atom is -0.269 e. The lowest BCUT2D eigenvalue weighted by Gasteiger charge is -2.13. The zero-order valence-corrected chi connectivity index (χ0v) is 5.36. The second-order valence-corrected chi connectivity index (χ2v) is 2.52. The Bertz CT molecular complexity index is 123. The maximum absolute atomic E-state index is 11.9. The van der Waals surface area contributed by atoms with Crippen molar-refractivity contribution in [2.45, 2.75) is 12.6 Å². The molecule has 1 rings (SSSR count). The number of nitrogens with two attached hydrogens (primary N) is 1. The van der Waals surface area contributed by atoms with Crippen molar-refractivity contribution in [2.24, 2.45) is 11.8 Å². The topological polar surface area (TPSA) is 29.3 Å². The van der Waals surface area contributed by atoms with Crippen LogP contribution in [-0.2, 0) is 0 Å². The summed E-state index contributed by atoms with van der Waals surface area (Å²) in [6, 6.07) is 0. The van der Waals surface area contributed by atoms with E-state index in [0.29, 0.717) is 6.54 Å². The number of alkyl halides is 3. The van der Waals surface area contributed by atoms with E-state index in [9.17, 15) is 13.2 Å². The first-order valence-electron chi connectivity index (χ1n) is 3.06. The lowest BCUT2D eigenvalue weighted by molar-refractivity contribution is -0.170. The molecule has 60 valence electrons. The van der Waals surface area contributed by atoms with Gasteiger partial charge in [0.1, 0.15) is 0 Å². The van der Waals surface area contributed by atoms with Gasteiger partial charge in [0.2, 0.25) is 0 Å². The highest BCUT2D eigenvalue weighted by atomic mass is 19.4. The van der Waals surface area contributed by atoms with Gasteiger partial charge in [0.25, 0.3) is 0 Å². The zero-order chi connectivity index (χ0) is 7.78. The normalized spacial score (nSPS) is 29.4. The van der Waals surface area contributed by atoms with Crippen molar-refractivity contribution in [1.82, 2.24) is 5.01 Å². The van der Waals surface area contributed by atoms with E-state index in [-0.39, 0.29) is 13.0 Å². The summed E-state index contributed by atoms with van der Waals surface area (Å²) in [5, 5.41) is 1.21. The molecule has 0 amide bonds. The van der Waals surface area contributed by atoms with Gasteiger partial charge in [-0.1, -0.05) is 0 Å². The maximum atomic E-state index is 11.9. The van der Waals surface area contributed by atoms with E-state index in [1.807, 2.05) is 0 Å². The zero-order valence-electron chi connectivity index (χ0n) is 5.36. The highest BCUT2D eigenvalue weighted by molar-refractivity contribution is 4.77. The summed E-state index contributed by atoms with van der Waals surface area (Å²) in [4.78, 5) is 0. The summed E-state index contributed by atoms with van der Waals surface area (Å²) in [5.41, 5.74) is 0. The molecule has 5 heteroatoms. The third kappa shape index (κ3) is 1.60. The van der Waals surface area contributed by atoms with E-state index in [2.05, 4.69) is 0 Å². The molecule has 2 nitrogen and oxygen atoms in total. The molecule has 1 saturated heterocycles. The highest BCUT2D eigenvalue weighted by Crippen LogP contribution is 2.32. The molecule has 0 aromatic rings. The molecule has 0 saturated carbocycles. The molecule has 1 fully saturated rings. The average Bonchev–Trinajstić information content (AvgIpc) is 2.11. The van der Waals surface area contributed by atoms with Gasteiger partial charge in [-0.15, -0.1) is 0 Å². The third-order valence-electron chi connectivity index (χ3n) is 1.68. The first-order chi connectivity index (χ1) is 4.50. The second kappa shape index (κ2) is 2.39. The van der Waals surface area contributed by atoms with Gasteiger partial charge < -0.3 is 0 Å². The molecule has 0 aliphatic carbocycles. The van der Waals surface area contributed by atoms with Crippen LogP contribution in [0.1, 0.15) is 6.42 Å². The number of rotatable bonds is 0. The molecule has 1 aliphatic heterocycles. The van der Waals surface area contributed by atoms with Gasteiger partial charge in [-0.3, -0.25) is 5.84 Å². The molecular formula is C5H9F3N2. The SMILES string of the molecule is NN1CCC(C(F)(F)F)C1. The molecule has 0 spiro atoms. The largest absolute Gasteiger partial charge is 0.393 e. The average molecular weight is 154 g/mol. The number of nitrogens with zero attached hydrogens (tertiary/aromatic N) is 1. The maximum Gasteiger partial charge on any atom is 0.393 e. The van der Waals surface area contributed by atoms with Crippen LogP contribution in [0.5, 0.6) is 0 Å². The van der Waals surface area contributed by atoms with E-state index in [4.69, 9.17) is 5.84 Å². The van der Waals surface area contributed by atoms with Crippen LogP contribution >= 0.6 is 0 Å². The molecule has 0 aromatic carbocycles. The monoisotopic (exact) mass is 154 g/mol. The number of hydrazine groups is 1. The molecule has 1 aliphatic rings. The molecular weight excluding hydrogens is 145 g/mol. The van der Waals surface area contributed by atoms with Crippen molar-refractivity contribution in [3.63, 3.8) is 0 Å². The van der Waals surface area contributed by atoms with E-state index < -0.39 is 12.1 Å². The van der Waals surface area contributed by atoms with Crippen LogP contribution in [-0.4, -0.2) is 24.3 Å². The standard InChI is InChI=1S/C5H9F3N2/c6-5(7,8)4-1-2-10(9)3-4/h4H,1-3,9H2. The first kappa shape index (κ1) is 7.81. The first-order valence-corrected chi connectivity index (χ1v) is 3.06. The third-order valence-corrected chi connectivity index (χ3v) is 1.68. The van der Waals surface area contributed by atoms with Crippen molar-refractivity contribution in [3.05, 3.63) is 0 Å². The lowest BCUT2D eigenvalue weighted by Crippen LogP contribution is -2.31. The Morgan fingerprint density at radius 3 is 2.20 bits per heavy atom. The van der Waals surface area contributed by atoms with Crippen molar-refractivity contribution < 1.29 is 13.2 Å². The predicted octanol–water partition coefficient (Wildman–Crippen LogP) is 0.744. The molecule has 0 radical (unpaired) electrons. The quantitative estimate of drug-likeness (QED) is 0.521. The Balaban J connectivity index is 2.45. The Hall–Kier alpha value is -0.290. The second-order valence-electron chi connectivity index (χ2n) is 2.52. The molecule has 1 heterocycles. The smallest absolute Gasteiger partial charge is 0.269 e. The number of hydrogen-bond donors (Lipinski definition) is 1. The van der Waals surface area contributed by atoms with Crippen LogP contribution in [0.15, 0.2) is 0 Å². The van der Waals surface area contributed by atoms with E-state index in [0.717, 1.165) is 0 Å². The number of halogens is 3. The summed E-state index contributed by atoms with van der Waals surface area (Å²) in [6.45, 7) is 0.299. The fourth-order valence-corrected chi connectivity index (χ4v) is 1.05. The van der Waals surface area contributed by atoms with Crippen LogP contribution in [0.3, 0.4) is 0 Å². The summed E-state index contributed by atoms with van der Waals surface area (Å²) < 4.78 is 35.6. The molecule has 1 unspecified atom stereocenters. The molecule has 0 bridgehead atoms. The highest BCUT2D eigenvalue weighted by Gasteiger charge is 2.42. The van der Waals surface area contributed by atoms with Gasteiger partial charge in [-0.05, 0) is 6.42 Å². The van der Waals surface area contributed by atoms with E-state index in [1.165, 1.54) is 5.01 Å². The van der Waals surface area contributed by atoms with Crippen LogP contribution in [0.25, 0.3) is 0 Å². The Kier molecular flexibility index (Phi) is 1.87. The fourth-order valence-electron chi connectivity index (χ4n) is 1.05. The van der Waals surface area contributed by atoms with Crippen LogP contribution in [0, 0.1) is 5.92 Å². The van der Waals surface area contributed by atoms with Crippen LogP contribution in [0.2, 0.25) is 0 Å². The number of hydrogen-bond acceptors (Lipinski definition) is 2. The van der Waals surface area contributed by atoms with Gasteiger partial charge in [0, 0.05) is 13.1 Å². The summed E-state index contributed by atoms with van der Waals surface area (Å²) in [5.74, 6) is 3.94. The van der Waals surface area contributed by atoms with Crippen LogP contribution in [0.4, 0.5) is 13.2 Å². The summed E-state index contributed by atoms with van der Waals surface area (Å²) in [6.07, 6.45) is -3.92. The minimum atomic E-state index is -4.06. The lowest BCUT2D eigenvalue weighted by atomic mass is 10.1. The van der Waals surface area contributed by atoms with Gasteiger partial charge in [0.05, 0.1) is 5.92 Å². The van der Waals surface area contributed by atoms with Gasteiger partial charge in [0.15, 0.2) is 0 Å². The predicted molar refractivity (Wildman–Crippen MR) is 29.9 cm³/mol. The van der Waals surface area contributed by atoms with E-state index >= 15 is 0 Å². The van der Waals surface area contributed by atoms with Crippen molar-refractivity contribution in [1.29, 1.82) is 0 Å². The Morgan fingerprint density at radius 1 is 1.40 bits per heavy atom. The molecule has 2 N–H and O–H groups in total. The molecule has 0 aromatic heterocycles.